The number of aromatic nitrogens is 2. The molecule has 2 aliphatic rings. The van der Waals surface area contributed by atoms with Gasteiger partial charge in [0, 0.05) is 38.4 Å². The van der Waals surface area contributed by atoms with E-state index in [0.29, 0.717) is 19.7 Å². The maximum Gasteiger partial charge on any atom is 0.282 e. The van der Waals surface area contributed by atoms with Crippen molar-refractivity contribution in [2.75, 3.05) is 26.3 Å². The standard InChI is InChI=1S/C12H15F2N3O2/c1-16-4-8(9(15-16)10(13)14)11(18)17-5-12(6-17)2-3-19-7-12/h4,10H,2-3,5-7H2,1H3. The molecule has 2 saturated heterocycles. The van der Waals surface area contributed by atoms with Crippen LogP contribution >= 0.6 is 0 Å². The van der Waals surface area contributed by atoms with Crippen molar-refractivity contribution in [3.8, 4) is 0 Å². The number of aryl methyl sites for hydroxylation is 1. The smallest absolute Gasteiger partial charge is 0.282 e. The molecule has 19 heavy (non-hydrogen) atoms. The maximum atomic E-state index is 12.8. The van der Waals surface area contributed by atoms with Gasteiger partial charge >= 0.3 is 0 Å². The van der Waals surface area contributed by atoms with Crippen molar-refractivity contribution in [3.05, 3.63) is 17.5 Å². The van der Waals surface area contributed by atoms with E-state index in [-0.39, 0.29) is 16.9 Å². The minimum absolute atomic E-state index is 0.00580. The van der Waals surface area contributed by atoms with Crippen molar-refractivity contribution >= 4 is 5.91 Å². The molecule has 104 valence electrons. The molecule has 0 N–H and O–H groups in total. The maximum absolute atomic E-state index is 12.8. The predicted molar refractivity (Wildman–Crippen MR) is 61.9 cm³/mol. The Balaban J connectivity index is 1.75. The molecule has 2 fully saturated rings. The van der Waals surface area contributed by atoms with E-state index < -0.39 is 12.1 Å². The van der Waals surface area contributed by atoms with Crippen molar-refractivity contribution < 1.29 is 18.3 Å². The van der Waals surface area contributed by atoms with Crippen molar-refractivity contribution in [1.29, 1.82) is 0 Å². The Kier molecular flexibility index (Phi) is 2.81. The molecule has 0 atom stereocenters. The topological polar surface area (TPSA) is 47.4 Å². The first-order valence-electron chi connectivity index (χ1n) is 6.19. The lowest BCUT2D eigenvalue weighted by Gasteiger charge is -2.47. The van der Waals surface area contributed by atoms with Crippen molar-refractivity contribution in [2.45, 2.75) is 12.8 Å². The van der Waals surface area contributed by atoms with Crippen LogP contribution in [0.4, 0.5) is 8.78 Å². The van der Waals surface area contributed by atoms with Gasteiger partial charge in [-0.1, -0.05) is 0 Å². The summed E-state index contributed by atoms with van der Waals surface area (Å²) in [5, 5.41) is 3.66. The van der Waals surface area contributed by atoms with E-state index in [2.05, 4.69) is 5.10 Å². The van der Waals surface area contributed by atoms with Crippen LogP contribution in [-0.2, 0) is 11.8 Å². The van der Waals surface area contributed by atoms with Crippen molar-refractivity contribution in [2.24, 2.45) is 12.5 Å². The fraction of sp³-hybridized carbons (Fsp3) is 0.667. The first kappa shape index (κ1) is 12.5. The van der Waals surface area contributed by atoms with Crippen LogP contribution in [0.1, 0.15) is 28.9 Å². The highest BCUT2D eigenvalue weighted by Gasteiger charge is 2.48. The highest BCUT2D eigenvalue weighted by Crippen LogP contribution is 2.39. The van der Waals surface area contributed by atoms with Crippen LogP contribution in [0.3, 0.4) is 0 Å². The number of ether oxygens (including phenoxy) is 1. The van der Waals surface area contributed by atoms with Gasteiger partial charge in [-0.3, -0.25) is 9.48 Å². The van der Waals surface area contributed by atoms with Crippen LogP contribution in [0.15, 0.2) is 6.20 Å². The summed E-state index contributed by atoms with van der Waals surface area (Å²) in [4.78, 5) is 13.8. The molecule has 0 bridgehead atoms. The molecule has 1 spiro atoms. The zero-order valence-corrected chi connectivity index (χ0v) is 10.6. The first-order chi connectivity index (χ1) is 9.01. The highest BCUT2D eigenvalue weighted by molar-refractivity contribution is 5.95. The highest BCUT2D eigenvalue weighted by atomic mass is 19.3. The molecule has 1 amide bonds. The molecule has 0 aromatic carbocycles. The van der Waals surface area contributed by atoms with Gasteiger partial charge in [0.25, 0.3) is 12.3 Å². The molecule has 0 radical (unpaired) electrons. The first-order valence-corrected chi connectivity index (χ1v) is 6.19. The molecular weight excluding hydrogens is 256 g/mol. The second-order valence-corrected chi connectivity index (χ2v) is 5.37. The number of rotatable bonds is 2. The normalized spacial score (nSPS) is 21.2. The van der Waals surface area contributed by atoms with E-state index in [1.165, 1.54) is 17.9 Å². The van der Waals surface area contributed by atoms with E-state index in [1.807, 2.05) is 0 Å². The number of likely N-dealkylation sites (tertiary alicyclic amines) is 1. The lowest BCUT2D eigenvalue weighted by molar-refractivity contribution is -0.0000625. The number of carbonyl (C=O) groups excluding carboxylic acids is 1. The van der Waals surface area contributed by atoms with Gasteiger partial charge in [-0.05, 0) is 6.42 Å². The lowest BCUT2D eigenvalue weighted by atomic mass is 9.79. The number of alkyl halides is 2. The summed E-state index contributed by atoms with van der Waals surface area (Å²) in [6, 6.07) is 0. The Labute approximate surface area is 109 Å². The SMILES string of the molecule is Cn1cc(C(=O)N2CC3(CCOC3)C2)c(C(F)F)n1. The fourth-order valence-corrected chi connectivity index (χ4v) is 2.81. The molecule has 0 unspecified atom stereocenters. The number of nitrogens with zero attached hydrogens (tertiary/aromatic N) is 3. The monoisotopic (exact) mass is 271 g/mol. The molecule has 7 heteroatoms. The Morgan fingerprint density at radius 3 is 2.84 bits per heavy atom. The van der Waals surface area contributed by atoms with Crippen LogP contribution in [0.5, 0.6) is 0 Å². The van der Waals surface area contributed by atoms with Crippen LogP contribution in [0.2, 0.25) is 0 Å². The number of carbonyl (C=O) groups is 1. The lowest BCUT2D eigenvalue weighted by Crippen LogP contribution is -2.58. The summed E-state index contributed by atoms with van der Waals surface area (Å²) < 4.78 is 32.2. The van der Waals surface area contributed by atoms with Gasteiger partial charge in [0.15, 0.2) is 0 Å². The molecule has 0 saturated carbocycles. The van der Waals surface area contributed by atoms with E-state index in [1.54, 1.807) is 4.90 Å². The molecular formula is C12H15F2N3O2. The van der Waals surface area contributed by atoms with E-state index in [4.69, 9.17) is 4.74 Å². The summed E-state index contributed by atoms with van der Waals surface area (Å²) in [6.45, 7) is 2.55. The summed E-state index contributed by atoms with van der Waals surface area (Å²) in [6.07, 6.45) is -0.434. The fourth-order valence-electron chi connectivity index (χ4n) is 2.81. The zero-order chi connectivity index (χ0) is 13.6. The molecule has 5 nitrogen and oxygen atoms in total. The second-order valence-electron chi connectivity index (χ2n) is 5.37. The van der Waals surface area contributed by atoms with E-state index in [0.717, 1.165) is 13.0 Å². The molecule has 3 rings (SSSR count). The van der Waals surface area contributed by atoms with E-state index >= 15 is 0 Å². The van der Waals surface area contributed by atoms with Gasteiger partial charge < -0.3 is 9.64 Å². The second kappa shape index (κ2) is 4.26. The zero-order valence-electron chi connectivity index (χ0n) is 10.6. The summed E-state index contributed by atoms with van der Waals surface area (Å²) in [5.74, 6) is -0.360. The molecule has 1 aromatic rings. The van der Waals surface area contributed by atoms with Gasteiger partial charge in [-0.25, -0.2) is 8.78 Å². The average Bonchev–Trinajstić information content (AvgIpc) is 2.92. The van der Waals surface area contributed by atoms with Crippen LogP contribution < -0.4 is 0 Å². The summed E-state index contributed by atoms with van der Waals surface area (Å²) >= 11 is 0. The third-order valence-corrected chi connectivity index (χ3v) is 3.82. The number of halogens is 2. The largest absolute Gasteiger partial charge is 0.381 e. The third-order valence-electron chi connectivity index (χ3n) is 3.82. The minimum Gasteiger partial charge on any atom is -0.381 e. The summed E-state index contributed by atoms with van der Waals surface area (Å²) in [7, 11) is 1.53. The van der Waals surface area contributed by atoms with Gasteiger partial charge in [-0.2, -0.15) is 5.10 Å². The molecule has 2 aliphatic heterocycles. The molecule has 3 heterocycles. The number of amides is 1. The quantitative estimate of drug-likeness (QED) is 0.812. The minimum atomic E-state index is -2.73. The molecule has 0 aliphatic carbocycles. The van der Waals surface area contributed by atoms with Gasteiger partial charge in [-0.15, -0.1) is 0 Å². The van der Waals surface area contributed by atoms with Gasteiger partial charge in [0.1, 0.15) is 5.69 Å². The molecule has 1 aromatic heterocycles. The Hall–Kier alpha value is -1.50. The van der Waals surface area contributed by atoms with Crippen LogP contribution in [0, 0.1) is 5.41 Å². The van der Waals surface area contributed by atoms with Crippen LogP contribution in [-0.4, -0.2) is 46.9 Å². The average molecular weight is 271 g/mol. The Morgan fingerprint density at radius 2 is 2.26 bits per heavy atom. The Morgan fingerprint density at radius 1 is 1.53 bits per heavy atom. The number of hydrogen-bond acceptors (Lipinski definition) is 3. The Bertz CT molecular complexity index is 501. The van der Waals surface area contributed by atoms with Crippen molar-refractivity contribution in [1.82, 2.24) is 14.7 Å². The predicted octanol–water partition coefficient (Wildman–Crippen LogP) is 1.22. The van der Waals surface area contributed by atoms with E-state index in [9.17, 15) is 13.6 Å². The summed E-state index contributed by atoms with van der Waals surface area (Å²) in [5.41, 5.74) is -0.370. The van der Waals surface area contributed by atoms with Gasteiger partial charge in [0.05, 0.1) is 12.2 Å². The van der Waals surface area contributed by atoms with Crippen LogP contribution in [0.25, 0.3) is 0 Å². The number of hydrogen-bond donors (Lipinski definition) is 0. The van der Waals surface area contributed by atoms with Gasteiger partial charge in [0.2, 0.25) is 0 Å². The van der Waals surface area contributed by atoms with Crippen molar-refractivity contribution in [3.63, 3.8) is 0 Å². The third kappa shape index (κ3) is 2.01.